The van der Waals surface area contributed by atoms with Gasteiger partial charge in [-0.3, -0.25) is 4.79 Å². The number of benzene rings is 2. The first-order valence-electron chi connectivity index (χ1n) is 9.91. The van der Waals surface area contributed by atoms with Crippen LogP contribution in [0.15, 0.2) is 53.4 Å². The summed E-state index contributed by atoms with van der Waals surface area (Å²) in [7, 11) is -3.54. The average Bonchev–Trinajstić information content (AvgIpc) is 2.72. The van der Waals surface area contributed by atoms with Crippen LogP contribution in [0.1, 0.15) is 47.2 Å². The van der Waals surface area contributed by atoms with E-state index in [1.54, 1.807) is 12.1 Å². The third-order valence-corrected chi connectivity index (χ3v) is 7.07. The minimum absolute atomic E-state index is 0.203. The van der Waals surface area contributed by atoms with Crippen LogP contribution in [0.2, 0.25) is 0 Å². The van der Waals surface area contributed by atoms with E-state index in [9.17, 15) is 13.2 Å². The molecule has 0 aliphatic carbocycles. The third-order valence-electron chi connectivity index (χ3n) is 5.18. The molecule has 1 N–H and O–H groups in total. The highest BCUT2D eigenvalue weighted by Crippen LogP contribution is 2.22. The lowest BCUT2D eigenvalue weighted by Crippen LogP contribution is -2.35. The molecule has 2 aromatic rings. The van der Waals surface area contributed by atoms with Crippen LogP contribution in [0.5, 0.6) is 0 Å². The van der Waals surface area contributed by atoms with Gasteiger partial charge in [0.1, 0.15) is 0 Å². The second-order valence-corrected chi connectivity index (χ2v) is 9.22. The number of hydrogen-bond acceptors (Lipinski definition) is 3. The second-order valence-electron chi connectivity index (χ2n) is 7.29. The summed E-state index contributed by atoms with van der Waals surface area (Å²) in [6, 6.07) is 15.0. The van der Waals surface area contributed by atoms with Gasteiger partial charge in [-0.15, -0.1) is 0 Å². The van der Waals surface area contributed by atoms with Gasteiger partial charge in [-0.2, -0.15) is 4.31 Å². The molecule has 28 heavy (non-hydrogen) atoms. The van der Waals surface area contributed by atoms with Gasteiger partial charge in [-0.1, -0.05) is 42.8 Å². The number of aryl methyl sites for hydroxylation is 2. The van der Waals surface area contributed by atoms with Gasteiger partial charge < -0.3 is 5.32 Å². The summed E-state index contributed by atoms with van der Waals surface area (Å²) < 4.78 is 27.3. The quantitative estimate of drug-likeness (QED) is 0.723. The number of piperidine rings is 1. The Labute approximate surface area is 167 Å². The molecule has 1 saturated heterocycles. The van der Waals surface area contributed by atoms with E-state index in [0.717, 1.165) is 37.7 Å². The number of carbonyl (C=O) groups is 1. The first-order valence-corrected chi connectivity index (χ1v) is 11.4. The maximum Gasteiger partial charge on any atom is 0.251 e. The van der Waals surface area contributed by atoms with Crippen molar-refractivity contribution in [3.63, 3.8) is 0 Å². The number of carbonyl (C=O) groups excluding carboxylic acids is 1. The van der Waals surface area contributed by atoms with Crippen molar-refractivity contribution in [2.45, 2.75) is 43.9 Å². The molecule has 1 heterocycles. The van der Waals surface area contributed by atoms with Crippen LogP contribution < -0.4 is 5.32 Å². The molecule has 1 amide bonds. The normalized spacial score (nSPS) is 15.3. The van der Waals surface area contributed by atoms with Crippen molar-refractivity contribution in [3.05, 3.63) is 65.2 Å². The number of hydrogen-bond donors (Lipinski definition) is 1. The molecule has 0 aromatic heterocycles. The third kappa shape index (κ3) is 5.00. The van der Waals surface area contributed by atoms with Crippen molar-refractivity contribution in [1.82, 2.24) is 9.62 Å². The Hall–Kier alpha value is -2.18. The molecule has 1 fully saturated rings. The highest BCUT2D eigenvalue weighted by molar-refractivity contribution is 7.89. The lowest BCUT2D eigenvalue weighted by atomic mass is 10.1. The monoisotopic (exact) mass is 400 g/mol. The fraction of sp³-hybridized carbons (Fsp3) is 0.409. The first kappa shape index (κ1) is 20.6. The Bertz CT molecular complexity index is 905. The predicted octanol–water partition coefficient (Wildman–Crippen LogP) is 3.53. The zero-order valence-electron chi connectivity index (χ0n) is 16.4. The molecule has 0 radical (unpaired) electrons. The summed E-state index contributed by atoms with van der Waals surface area (Å²) >= 11 is 0. The van der Waals surface area contributed by atoms with Gasteiger partial charge in [-0.25, -0.2) is 8.42 Å². The first-order chi connectivity index (χ1) is 13.5. The highest BCUT2D eigenvalue weighted by Gasteiger charge is 2.27. The fourth-order valence-corrected chi connectivity index (χ4v) is 5.04. The van der Waals surface area contributed by atoms with E-state index >= 15 is 0 Å². The Morgan fingerprint density at radius 2 is 1.75 bits per heavy atom. The number of rotatable bonds is 7. The maximum atomic E-state index is 12.9. The van der Waals surface area contributed by atoms with Crippen LogP contribution >= 0.6 is 0 Å². The molecule has 1 aliphatic rings. The minimum atomic E-state index is -3.54. The number of nitrogens with zero attached hydrogens (tertiary/aromatic N) is 1. The van der Waals surface area contributed by atoms with E-state index in [1.807, 2.05) is 25.1 Å². The fourth-order valence-electron chi connectivity index (χ4n) is 3.49. The molecular weight excluding hydrogens is 372 g/mol. The van der Waals surface area contributed by atoms with Crippen molar-refractivity contribution >= 4 is 15.9 Å². The van der Waals surface area contributed by atoms with Crippen LogP contribution in [-0.2, 0) is 16.4 Å². The maximum absolute atomic E-state index is 12.9. The molecule has 0 spiro atoms. The summed E-state index contributed by atoms with van der Waals surface area (Å²) in [4.78, 5) is 12.8. The van der Waals surface area contributed by atoms with Crippen LogP contribution in [0.3, 0.4) is 0 Å². The molecule has 0 unspecified atom stereocenters. The lowest BCUT2D eigenvalue weighted by Gasteiger charge is -2.26. The molecular formula is C22H28N2O3S. The van der Waals surface area contributed by atoms with Crippen LogP contribution in [0.25, 0.3) is 0 Å². The van der Waals surface area contributed by atoms with E-state index in [1.165, 1.54) is 15.9 Å². The van der Waals surface area contributed by atoms with Gasteiger partial charge in [0.2, 0.25) is 10.0 Å². The van der Waals surface area contributed by atoms with Gasteiger partial charge in [0, 0.05) is 25.2 Å². The Morgan fingerprint density at radius 3 is 2.46 bits per heavy atom. The van der Waals surface area contributed by atoms with Crippen LogP contribution in [0, 0.1) is 6.92 Å². The van der Waals surface area contributed by atoms with E-state index in [4.69, 9.17) is 0 Å². The second kappa shape index (κ2) is 9.34. The van der Waals surface area contributed by atoms with Gasteiger partial charge in [0.25, 0.3) is 5.91 Å². The number of sulfonamides is 1. The Kier molecular flexibility index (Phi) is 6.86. The van der Waals surface area contributed by atoms with Crippen molar-refractivity contribution in [2.75, 3.05) is 19.6 Å². The standard InChI is InChI=1S/C22H28N2O3S/c1-18-12-13-20(28(26,27)24-15-6-3-7-16-24)17-21(18)22(25)23-14-8-11-19-9-4-2-5-10-19/h2,4-5,9-10,12-13,17H,3,6-8,11,14-16H2,1H3,(H,23,25). The molecule has 0 bridgehead atoms. The average molecular weight is 401 g/mol. The molecule has 1 aliphatic heterocycles. The van der Waals surface area contributed by atoms with E-state index in [2.05, 4.69) is 17.4 Å². The number of nitrogens with one attached hydrogen (secondary N) is 1. The summed E-state index contributed by atoms with van der Waals surface area (Å²) in [6.07, 6.45) is 4.57. The predicted molar refractivity (Wildman–Crippen MR) is 111 cm³/mol. The van der Waals surface area contributed by atoms with Crippen LogP contribution in [-0.4, -0.2) is 38.3 Å². The number of amides is 1. The minimum Gasteiger partial charge on any atom is -0.352 e. The zero-order chi connectivity index (χ0) is 20.0. The van der Waals surface area contributed by atoms with E-state index in [0.29, 0.717) is 25.2 Å². The van der Waals surface area contributed by atoms with Crippen molar-refractivity contribution < 1.29 is 13.2 Å². The van der Waals surface area contributed by atoms with Gasteiger partial charge >= 0.3 is 0 Å². The van der Waals surface area contributed by atoms with Gasteiger partial charge in [0.15, 0.2) is 0 Å². The summed E-state index contributed by atoms with van der Waals surface area (Å²) in [5.74, 6) is -0.221. The largest absolute Gasteiger partial charge is 0.352 e. The molecule has 3 rings (SSSR count). The molecule has 150 valence electrons. The molecule has 0 atom stereocenters. The summed E-state index contributed by atoms with van der Waals surface area (Å²) in [5, 5.41) is 2.92. The Morgan fingerprint density at radius 1 is 1.04 bits per heavy atom. The van der Waals surface area contributed by atoms with Gasteiger partial charge in [0.05, 0.1) is 4.90 Å². The SMILES string of the molecule is Cc1ccc(S(=O)(=O)N2CCCCC2)cc1C(=O)NCCCc1ccccc1. The topological polar surface area (TPSA) is 66.5 Å². The summed E-state index contributed by atoms with van der Waals surface area (Å²) in [5.41, 5.74) is 2.44. The van der Waals surface area contributed by atoms with Crippen LogP contribution in [0.4, 0.5) is 0 Å². The molecule has 2 aromatic carbocycles. The smallest absolute Gasteiger partial charge is 0.251 e. The zero-order valence-corrected chi connectivity index (χ0v) is 17.2. The molecule has 0 saturated carbocycles. The highest BCUT2D eigenvalue weighted by atomic mass is 32.2. The van der Waals surface area contributed by atoms with Gasteiger partial charge in [-0.05, 0) is 55.9 Å². The summed E-state index contributed by atoms with van der Waals surface area (Å²) in [6.45, 7) is 3.49. The van der Waals surface area contributed by atoms with Crippen molar-refractivity contribution in [3.8, 4) is 0 Å². The van der Waals surface area contributed by atoms with Crippen molar-refractivity contribution in [2.24, 2.45) is 0 Å². The van der Waals surface area contributed by atoms with E-state index in [-0.39, 0.29) is 10.8 Å². The Balaban J connectivity index is 1.64. The lowest BCUT2D eigenvalue weighted by molar-refractivity contribution is 0.0952. The van der Waals surface area contributed by atoms with E-state index < -0.39 is 10.0 Å². The molecule has 5 nitrogen and oxygen atoms in total. The van der Waals surface area contributed by atoms with Crippen molar-refractivity contribution in [1.29, 1.82) is 0 Å². The molecule has 6 heteroatoms.